The molecule has 1 aliphatic rings. The summed E-state index contributed by atoms with van der Waals surface area (Å²) in [7, 11) is 0. The lowest BCUT2D eigenvalue weighted by Crippen LogP contribution is -2.25. The van der Waals surface area contributed by atoms with E-state index in [2.05, 4.69) is 13.8 Å². The highest BCUT2D eigenvalue weighted by Crippen LogP contribution is 2.39. The Balaban J connectivity index is 2.11. The molecule has 18 heavy (non-hydrogen) atoms. The highest BCUT2D eigenvalue weighted by molar-refractivity contribution is 5.26. The van der Waals surface area contributed by atoms with Crippen LogP contribution in [0.1, 0.15) is 50.3 Å². The van der Waals surface area contributed by atoms with Gasteiger partial charge in [-0.15, -0.1) is 0 Å². The van der Waals surface area contributed by atoms with Crippen molar-refractivity contribution in [1.29, 1.82) is 0 Å². The first kappa shape index (κ1) is 13.5. The van der Waals surface area contributed by atoms with Crippen LogP contribution in [0.2, 0.25) is 0 Å². The van der Waals surface area contributed by atoms with E-state index in [1.807, 2.05) is 0 Å². The second kappa shape index (κ2) is 5.40. The van der Waals surface area contributed by atoms with Gasteiger partial charge in [0.15, 0.2) is 0 Å². The zero-order valence-corrected chi connectivity index (χ0v) is 11.5. The Kier molecular flexibility index (Phi) is 4.06. The minimum Gasteiger partial charge on any atom is -0.388 e. The Morgan fingerprint density at radius 1 is 1.22 bits per heavy atom. The van der Waals surface area contributed by atoms with Crippen LogP contribution in [0.15, 0.2) is 18.2 Å². The quantitative estimate of drug-likeness (QED) is 0.832. The molecule has 0 aromatic heterocycles. The molecule has 100 valence electrons. The van der Waals surface area contributed by atoms with Crippen LogP contribution < -0.4 is 0 Å². The van der Waals surface area contributed by atoms with E-state index < -0.39 is 6.10 Å². The normalized spacial score (nSPS) is 30.2. The molecule has 2 rings (SSSR count). The van der Waals surface area contributed by atoms with Gasteiger partial charge in [0, 0.05) is 0 Å². The molecule has 0 bridgehead atoms. The van der Waals surface area contributed by atoms with Crippen LogP contribution >= 0.6 is 0 Å². The molecule has 4 unspecified atom stereocenters. The van der Waals surface area contributed by atoms with E-state index in [4.69, 9.17) is 0 Å². The van der Waals surface area contributed by atoms with Crippen molar-refractivity contribution in [2.75, 3.05) is 0 Å². The molecule has 4 atom stereocenters. The Morgan fingerprint density at radius 3 is 2.56 bits per heavy atom. The zero-order valence-electron chi connectivity index (χ0n) is 11.5. The first-order valence-electron chi connectivity index (χ1n) is 6.93. The smallest absolute Gasteiger partial charge is 0.126 e. The third-order valence-corrected chi connectivity index (χ3v) is 4.61. The van der Waals surface area contributed by atoms with Gasteiger partial charge >= 0.3 is 0 Å². The molecule has 0 radical (unpaired) electrons. The highest BCUT2D eigenvalue weighted by Gasteiger charge is 2.30. The van der Waals surface area contributed by atoms with Crippen LogP contribution in [0.4, 0.5) is 4.39 Å². The summed E-state index contributed by atoms with van der Waals surface area (Å²) in [6.07, 6.45) is 2.88. The summed E-state index contributed by atoms with van der Waals surface area (Å²) < 4.78 is 13.2. The van der Waals surface area contributed by atoms with E-state index in [1.54, 1.807) is 19.1 Å². The van der Waals surface area contributed by atoms with Crippen molar-refractivity contribution in [3.8, 4) is 0 Å². The van der Waals surface area contributed by atoms with E-state index in [1.165, 1.54) is 12.5 Å². The fourth-order valence-corrected chi connectivity index (χ4v) is 3.00. The van der Waals surface area contributed by atoms with Crippen LogP contribution in [0.25, 0.3) is 0 Å². The minimum absolute atomic E-state index is 0.198. The van der Waals surface area contributed by atoms with Crippen molar-refractivity contribution in [1.82, 2.24) is 0 Å². The zero-order chi connectivity index (χ0) is 13.3. The molecular formula is C16H23FO. The van der Waals surface area contributed by atoms with E-state index in [0.29, 0.717) is 17.4 Å². The third kappa shape index (κ3) is 2.74. The number of aryl methyl sites for hydroxylation is 1. The van der Waals surface area contributed by atoms with Gasteiger partial charge in [0.1, 0.15) is 5.82 Å². The summed E-state index contributed by atoms with van der Waals surface area (Å²) in [5.41, 5.74) is 1.48. The van der Waals surface area contributed by atoms with E-state index in [-0.39, 0.29) is 5.82 Å². The first-order valence-corrected chi connectivity index (χ1v) is 6.93. The standard InChI is InChI=1S/C16H23FO/c1-10-4-5-13(8-11(10)2)16(18)14-6-7-15(17)12(3)9-14/h6-7,9-11,13,16,18H,4-5,8H2,1-3H3. The van der Waals surface area contributed by atoms with Crippen LogP contribution in [0, 0.1) is 30.5 Å². The fourth-order valence-electron chi connectivity index (χ4n) is 3.00. The molecule has 1 aromatic rings. The molecule has 0 amide bonds. The number of hydrogen-bond donors (Lipinski definition) is 1. The van der Waals surface area contributed by atoms with E-state index in [9.17, 15) is 9.50 Å². The lowest BCUT2D eigenvalue weighted by Gasteiger charge is -2.34. The Bertz CT molecular complexity index is 416. The van der Waals surface area contributed by atoms with Gasteiger partial charge in [-0.1, -0.05) is 32.4 Å². The van der Waals surface area contributed by atoms with Crippen LogP contribution in [-0.2, 0) is 0 Å². The summed E-state index contributed by atoms with van der Waals surface area (Å²) in [6.45, 7) is 6.30. The van der Waals surface area contributed by atoms with Crippen molar-refractivity contribution < 1.29 is 9.50 Å². The predicted octanol–water partition coefficient (Wildman–Crippen LogP) is 4.24. The van der Waals surface area contributed by atoms with Gasteiger partial charge in [0.25, 0.3) is 0 Å². The van der Waals surface area contributed by atoms with Gasteiger partial charge in [0.2, 0.25) is 0 Å². The molecule has 0 heterocycles. The lowest BCUT2D eigenvalue weighted by atomic mass is 9.73. The molecule has 1 nitrogen and oxygen atoms in total. The molecule has 1 N–H and O–H groups in total. The second-order valence-electron chi connectivity index (χ2n) is 5.98. The first-order chi connectivity index (χ1) is 8.49. The fraction of sp³-hybridized carbons (Fsp3) is 0.625. The summed E-state index contributed by atoms with van der Waals surface area (Å²) in [4.78, 5) is 0. The van der Waals surface area contributed by atoms with Crippen molar-refractivity contribution in [3.63, 3.8) is 0 Å². The maximum absolute atomic E-state index is 13.2. The Labute approximate surface area is 109 Å². The van der Waals surface area contributed by atoms with Gasteiger partial charge in [-0.05, 0) is 54.7 Å². The van der Waals surface area contributed by atoms with Gasteiger partial charge in [0.05, 0.1) is 6.10 Å². The molecule has 0 saturated heterocycles. The Hall–Kier alpha value is -0.890. The molecule has 2 heteroatoms. The molecule has 1 aliphatic carbocycles. The maximum atomic E-state index is 13.2. The van der Waals surface area contributed by atoms with Crippen molar-refractivity contribution in [3.05, 3.63) is 35.1 Å². The summed E-state index contributed by atoms with van der Waals surface area (Å²) in [5, 5.41) is 10.4. The largest absolute Gasteiger partial charge is 0.388 e. The molecular weight excluding hydrogens is 227 g/mol. The Morgan fingerprint density at radius 2 is 1.94 bits per heavy atom. The monoisotopic (exact) mass is 250 g/mol. The number of benzene rings is 1. The number of hydrogen-bond acceptors (Lipinski definition) is 1. The second-order valence-corrected chi connectivity index (χ2v) is 5.98. The van der Waals surface area contributed by atoms with Crippen LogP contribution in [0.3, 0.4) is 0 Å². The molecule has 1 aromatic carbocycles. The number of rotatable bonds is 2. The maximum Gasteiger partial charge on any atom is 0.126 e. The number of aliphatic hydroxyl groups is 1. The summed E-state index contributed by atoms with van der Waals surface area (Å²) >= 11 is 0. The minimum atomic E-state index is -0.445. The average Bonchev–Trinajstić information content (AvgIpc) is 2.35. The molecule has 0 spiro atoms. The summed E-state index contributed by atoms with van der Waals surface area (Å²) in [6, 6.07) is 4.96. The van der Waals surface area contributed by atoms with Crippen LogP contribution in [-0.4, -0.2) is 5.11 Å². The molecule has 1 fully saturated rings. The van der Waals surface area contributed by atoms with Gasteiger partial charge in [-0.25, -0.2) is 4.39 Å². The van der Waals surface area contributed by atoms with E-state index >= 15 is 0 Å². The lowest BCUT2D eigenvalue weighted by molar-refractivity contribution is 0.0560. The third-order valence-electron chi connectivity index (χ3n) is 4.61. The topological polar surface area (TPSA) is 20.2 Å². The molecule has 0 aliphatic heterocycles. The van der Waals surface area contributed by atoms with Crippen molar-refractivity contribution in [2.24, 2.45) is 17.8 Å². The highest BCUT2D eigenvalue weighted by atomic mass is 19.1. The van der Waals surface area contributed by atoms with E-state index in [0.717, 1.165) is 24.3 Å². The number of halogens is 1. The van der Waals surface area contributed by atoms with Crippen LogP contribution in [0.5, 0.6) is 0 Å². The molecule has 1 saturated carbocycles. The van der Waals surface area contributed by atoms with Gasteiger partial charge in [-0.2, -0.15) is 0 Å². The van der Waals surface area contributed by atoms with Gasteiger partial charge < -0.3 is 5.11 Å². The number of aliphatic hydroxyl groups excluding tert-OH is 1. The van der Waals surface area contributed by atoms with Gasteiger partial charge in [-0.3, -0.25) is 0 Å². The average molecular weight is 250 g/mol. The predicted molar refractivity (Wildman–Crippen MR) is 71.8 cm³/mol. The SMILES string of the molecule is Cc1cc(C(O)C2CCC(C)C(C)C2)ccc1F. The van der Waals surface area contributed by atoms with Crippen molar-refractivity contribution in [2.45, 2.75) is 46.1 Å². The van der Waals surface area contributed by atoms with Crippen molar-refractivity contribution >= 4 is 0 Å². The summed E-state index contributed by atoms with van der Waals surface area (Å²) in [5.74, 6) is 1.54.